The van der Waals surface area contributed by atoms with Crippen LogP contribution < -0.4 is 0 Å². The van der Waals surface area contributed by atoms with Gasteiger partial charge in [-0.15, -0.1) is 0 Å². The molecule has 0 unspecified atom stereocenters. The molecule has 0 aliphatic heterocycles. The van der Waals surface area contributed by atoms with E-state index < -0.39 is 11.7 Å². The van der Waals surface area contributed by atoms with Crippen LogP contribution in [0.15, 0.2) is 194 Å². The van der Waals surface area contributed by atoms with Crippen LogP contribution in [0.1, 0.15) is 5.56 Å². The third-order valence-electron chi connectivity index (χ3n) is 10.1. The summed E-state index contributed by atoms with van der Waals surface area (Å²) in [5, 5.41) is 2.28. The maximum absolute atomic E-state index is 13.2. The van der Waals surface area contributed by atoms with E-state index in [1.54, 1.807) is 0 Å². The Morgan fingerprint density at radius 1 is 0.302 bits per heavy atom. The van der Waals surface area contributed by atoms with E-state index in [-0.39, 0.29) is 0 Å². The van der Waals surface area contributed by atoms with Crippen molar-refractivity contribution in [2.24, 2.45) is 0 Å². The summed E-state index contributed by atoms with van der Waals surface area (Å²) in [5.41, 5.74) is 13.3. The van der Waals surface area contributed by atoms with Crippen LogP contribution in [-0.2, 0) is 6.18 Å². The van der Waals surface area contributed by atoms with Gasteiger partial charge in [-0.05, 0) is 104 Å². The average Bonchev–Trinajstić information content (AvgIpc) is 3.54. The van der Waals surface area contributed by atoms with E-state index in [2.05, 4.69) is 138 Å². The number of benzene rings is 8. The minimum atomic E-state index is -4.37. The van der Waals surface area contributed by atoms with Crippen molar-refractivity contribution in [1.82, 2.24) is 4.57 Å². The number of nitrogens with zero attached hydrogens (tertiary/aromatic N) is 1. The number of alkyl halides is 3. The topological polar surface area (TPSA) is 4.93 Å². The first-order valence-electron chi connectivity index (χ1n) is 17.6. The summed E-state index contributed by atoms with van der Waals surface area (Å²) in [7, 11) is 0. The molecule has 0 saturated heterocycles. The molecule has 0 spiro atoms. The van der Waals surface area contributed by atoms with Crippen LogP contribution in [0.2, 0.25) is 0 Å². The van der Waals surface area contributed by atoms with Crippen molar-refractivity contribution in [3.63, 3.8) is 0 Å². The van der Waals surface area contributed by atoms with Gasteiger partial charge in [0.15, 0.2) is 0 Å². The molecule has 0 radical (unpaired) electrons. The molecule has 1 nitrogen and oxygen atoms in total. The molecular formula is C49H32F3N. The molecule has 9 rings (SSSR count). The normalized spacial score (nSPS) is 11.7. The first kappa shape index (κ1) is 32.3. The van der Waals surface area contributed by atoms with Crippen LogP contribution in [0.3, 0.4) is 0 Å². The van der Waals surface area contributed by atoms with Gasteiger partial charge < -0.3 is 4.57 Å². The number of fused-ring (bicyclic) bond motifs is 3. The lowest BCUT2D eigenvalue weighted by atomic mass is 9.97. The predicted molar refractivity (Wildman–Crippen MR) is 213 cm³/mol. The molecular weight excluding hydrogens is 660 g/mol. The van der Waals surface area contributed by atoms with Gasteiger partial charge in [-0.1, -0.05) is 146 Å². The highest BCUT2D eigenvalue weighted by Gasteiger charge is 2.30. The van der Waals surface area contributed by atoms with Gasteiger partial charge in [0.25, 0.3) is 0 Å². The lowest BCUT2D eigenvalue weighted by Crippen LogP contribution is -2.03. The lowest BCUT2D eigenvalue weighted by Gasteiger charge is -2.11. The second-order valence-electron chi connectivity index (χ2n) is 13.3. The molecule has 0 fully saturated rings. The summed E-state index contributed by atoms with van der Waals surface area (Å²) in [6.07, 6.45) is -4.37. The standard InChI is InChI=1S/C49H32F3N/c50-49(51,52)43-25-19-37(20-26-43)38-21-27-44(28-22-38)53-47-29-23-41(39-15-11-35(12-16-39)33-7-3-1-4-8-33)31-45(47)46-32-42(24-30-48(46)53)40-17-13-36(14-18-40)34-9-5-2-6-10-34/h1-32H. The molecule has 0 atom stereocenters. The summed E-state index contributed by atoms with van der Waals surface area (Å²) in [6.45, 7) is 0. The number of hydrogen-bond acceptors (Lipinski definition) is 0. The van der Waals surface area contributed by atoms with Crippen LogP contribution >= 0.6 is 0 Å². The molecule has 0 amide bonds. The molecule has 8 aromatic carbocycles. The Morgan fingerprint density at radius 3 is 0.981 bits per heavy atom. The highest BCUT2D eigenvalue weighted by Crippen LogP contribution is 2.39. The Balaban J connectivity index is 1.14. The van der Waals surface area contributed by atoms with E-state index in [0.717, 1.165) is 73.0 Å². The average molecular weight is 692 g/mol. The summed E-state index contributed by atoms with van der Waals surface area (Å²) < 4.78 is 41.8. The van der Waals surface area contributed by atoms with Crippen molar-refractivity contribution in [3.05, 3.63) is 200 Å². The molecule has 254 valence electrons. The number of rotatable bonds is 6. The second-order valence-corrected chi connectivity index (χ2v) is 13.3. The third kappa shape index (κ3) is 6.19. The summed E-state index contributed by atoms with van der Waals surface area (Å²) in [6, 6.07) is 64.9. The molecule has 0 N–H and O–H groups in total. The molecule has 1 aromatic heterocycles. The highest BCUT2D eigenvalue weighted by molar-refractivity contribution is 6.11. The van der Waals surface area contributed by atoms with Gasteiger partial charge in [0, 0.05) is 16.5 Å². The van der Waals surface area contributed by atoms with Gasteiger partial charge in [-0.25, -0.2) is 0 Å². The fourth-order valence-corrected chi connectivity index (χ4v) is 7.29. The Labute approximate surface area is 305 Å². The molecule has 9 aromatic rings. The van der Waals surface area contributed by atoms with Crippen LogP contribution in [0.5, 0.6) is 0 Å². The van der Waals surface area contributed by atoms with Crippen LogP contribution in [0.4, 0.5) is 13.2 Å². The summed E-state index contributed by atoms with van der Waals surface area (Å²) in [4.78, 5) is 0. The van der Waals surface area contributed by atoms with Gasteiger partial charge in [-0.2, -0.15) is 13.2 Å². The van der Waals surface area contributed by atoms with E-state index in [1.165, 1.54) is 34.4 Å². The Hall–Kier alpha value is -6.65. The van der Waals surface area contributed by atoms with Gasteiger partial charge in [-0.3, -0.25) is 0 Å². The smallest absolute Gasteiger partial charge is 0.309 e. The maximum Gasteiger partial charge on any atom is 0.416 e. The molecule has 53 heavy (non-hydrogen) atoms. The number of aromatic nitrogens is 1. The molecule has 0 bridgehead atoms. The second kappa shape index (κ2) is 13.2. The van der Waals surface area contributed by atoms with Gasteiger partial charge >= 0.3 is 6.18 Å². The largest absolute Gasteiger partial charge is 0.416 e. The Bertz CT molecular complexity index is 2550. The van der Waals surface area contributed by atoms with Crippen LogP contribution in [0.25, 0.3) is 83.1 Å². The van der Waals surface area contributed by atoms with E-state index in [4.69, 9.17) is 0 Å². The fraction of sp³-hybridized carbons (Fsp3) is 0.0204. The van der Waals surface area contributed by atoms with Crippen molar-refractivity contribution >= 4 is 21.8 Å². The van der Waals surface area contributed by atoms with Crippen molar-refractivity contribution in [2.75, 3.05) is 0 Å². The Morgan fingerprint density at radius 2 is 0.604 bits per heavy atom. The third-order valence-corrected chi connectivity index (χ3v) is 10.1. The molecule has 0 saturated carbocycles. The SMILES string of the molecule is FC(F)(F)c1ccc(-c2ccc(-n3c4ccc(-c5ccc(-c6ccccc6)cc5)cc4c4cc(-c5ccc(-c6ccccc6)cc5)ccc43)cc2)cc1. The molecule has 4 heteroatoms. The minimum Gasteiger partial charge on any atom is -0.309 e. The highest BCUT2D eigenvalue weighted by atomic mass is 19.4. The molecule has 0 aliphatic rings. The molecule has 0 aliphatic carbocycles. The van der Waals surface area contributed by atoms with Crippen LogP contribution in [0, 0.1) is 0 Å². The zero-order valence-corrected chi connectivity index (χ0v) is 28.6. The van der Waals surface area contributed by atoms with Crippen molar-refractivity contribution < 1.29 is 13.2 Å². The predicted octanol–water partition coefficient (Wildman–Crippen LogP) is 14.1. The van der Waals surface area contributed by atoms with Crippen molar-refractivity contribution in [2.45, 2.75) is 6.18 Å². The van der Waals surface area contributed by atoms with Crippen LogP contribution in [-0.4, -0.2) is 4.57 Å². The fourth-order valence-electron chi connectivity index (χ4n) is 7.29. The van der Waals surface area contributed by atoms with E-state index in [9.17, 15) is 13.2 Å². The molecule has 1 heterocycles. The maximum atomic E-state index is 13.2. The zero-order chi connectivity index (χ0) is 35.9. The van der Waals surface area contributed by atoms with Crippen molar-refractivity contribution in [1.29, 1.82) is 0 Å². The minimum absolute atomic E-state index is 0.652. The van der Waals surface area contributed by atoms with Gasteiger partial charge in [0.05, 0.1) is 16.6 Å². The number of hydrogen-bond donors (Lipinski definition) is 0. The zero-order valence-electron chi connectivity index (χ0n) is 28.6. The first-order chi connectivity index (χ1) is 25.9. The van der Waals surface area contributed by atoms with E-state index >= 15 is 0 Å². The van der Waals surface area contributed by atoms with E-state index in [0.29, 0.717) is 0 Å². The van der Waals surface area contributed by atoms with E-state index in [1.807, 2.05) is 36.4 Å². The summed E-state index contributed by atoms with van der Waals surface area (Å²) in [5.74, 6) is 0. The lowest BCUT2D eigenvalue weighted by molar-refractivity contribution is -0.137. The van der Waals surface area contributed by atoms with Gasteiger partial charge in [0.2, 0.25) is 0 Å². The number of halogens is 3. The monoisotopic (exact) mass is 691 g/mol. The van der Waals surface area contributed by atoms with Crippen molar-refractivity contribution in [3.8, 4) is 61.3 Å². The summed E-state index contributed by atoms with van der Waals surface area (Å²) >= 11 is 0. The quantitative estimate of drug-likeness (QED) is 0.164. The van der Waals surface area contributed by atoms with Gasteiger partial charge in [0.1, 0.15) is 0 Å². The first-order valence-corrected chi connectivity index (χ1v) is 17.6. The Kier molecular flexibility index (Phi) is 8.01.